The molecule has 0 radical (unpaired) electrons. The number of hydroxylamine groups is 1. The van der Waals surface area contributed by atoms with Crippen molar-refractivity contribution in [3.05, 3.63) is 81.3 Å². The van der Waals surface area contributed by atoms with Crippen molar-refractivity contribution in [1.29, 1.82) is 0 Å². The summed E-state index contributed by atoms with van der Waals surface area (Å²) in [6.45, 7) is 0.713. The van der Waals surface area contributed by atoms with Gasteiger partial charge in [0.2, 0.25) is 12.1 Å². The van der Waals surface area contributed by atoms with E-state index in [1.165, 1.54) is 42.5 Å². The van der Waals surface area contributed by atoms with Crippen LogP contribution in [-0.4, -0.2) is 91.8 Å². The van der Waals surface area contributed by atoms with Gasteiger partial charge in [0, 0.05) is 11.2 Å². The number of anilines is 1. The predicted octanol–water partition coefficient (Wildman–Crippen LogP) is 4.45. The topological polar surface area (TPSA) is 182 Å². The number of aliphatic hydroxyl groups excluding tert-OH is 1. The average molecular weight is 762 g/mol. The lowest BCUT2D eigenvalue weighted by molar-refractivity contribution is -0.150. The van der Waals surface area contributed by atoms with Crippen LogP contribution in [0.3, 0.4) is 0 Å². The number of carboxylic acid groups (broad SMARTS) is 1. The number of halogens is 4. The minimum atomic E-state index is -5.04. The number of aliphatic carboxylic acids is 1. The van der Waals surface area contributed by atoms with Crippen molar-refractivity contribution in [2.24, 2.45) is 0 Å². The molecule has 2 saturated heterocycles. The monoisotopic (exact) mass is 761 g/mol. The molecule has 1 amide bonds. The van der Waals surface area contributed by atoms with Gasteiger partial charge in [0.25, 0.3) is 0 Å². The summed E-state index contributed by atoms with van der Waals surface area (Å²) in [5.74, 6) is -6.57. The normalized spacial score (nSPS) is 23.7. The van der Waals surface area contributed by atoms with E-state index in [1.54, 1.807) is 13.1 Å². The summed E-state index contributed by atoms with van der Waals surface area (Å²) in [5.41, 5.74) is -1.23. The number of hydrogen-bond donors (Lipinski definition) is 3. The fourth-order valence-electron chi connectivity index (χ4n) is 5.21. The zero-order chi connectivity index (χ0) is 36.4. The number of alkyl halides is 2. The second-order valence-corrected chi connectivity index (χ2v) is 14.0. The minimum absolute atomic E-state index is 0.0929. The Bertz CT molecular complexity index is 1830. The zero-order valence-corrected chi connectivity index (χ0v) is 28.8. The number of carbonyl (C=O) groups excluding carboxylic acids is 1. The summed E-state index contributed by atoms with van der Waals surface area (Å²) in [4.78, 5) is 49.1. The number of benzene rings is 2. The minimum Gasteiger partial charge on any atom is -0.480 e. The van der Waals surface area contributed by atoms with Gasteiger partial charge in [-0.05, 0) is 74.6 Å². The van der Waals surface area contributed by atoms with Crippen LogP contribution in [0.4, 0.5) is 14.6 Å². The molecule has 3 heterocycles. The van der Waals surface area contributed by atoms with Crippen LogP contribution in [0, 0.1) is 0 Å². The summed E-state index contributed by atoms with van der Waals surface area (Å²) in [6, 6.07) is 10.1. The van der Waals surface area contributed by atoms with E-state index in [4.69, 9.17) is 41.8 Å². The van der Waals surface area contributed by atoms with Crippen LogP contribution in [-0.2, 0) is 23.4 Å². The van der Waals surface area contributed by atoms with E-state index in [0.29, 0.717) is 22.4 Å². The number of aliphatic hydroxyl groups is 1. The van der Waals surface area contributed by atoms with Gasteiger partial charge >= 0.3 is 25.3 Å². The van der Waals surface area contributed by atoms with Crippen molar-refractivity contribution in [2.75, 3.05) is 25.5 Å². The Labute approximate surface area is 293 Å². The number of carboxylic acids is 1. The molecule has 2 fully saturated rings. The molecular weight excluding hydrogens is 730 g/mol. The lowest BCUT2D eigenvalue weighted by Gasteiger charge is -2.32. The number of rotatable bonds is 13. The van der Waals surface area contributed by atoms with Gasteiger partial charge in [-0.2, -0.15) is 13.8 Å². The number of aromatic nitrogens is 2. The second kappa shape index (κ2) is 15.3. The highest BCUT2D eigenvalue weighted by Gasteiger charge is 2.60. The third-order valence-electron chi connectivity index (χ3n) is 7.92. The second-order valence-electron chi connectivity index (χ2n) is 11.4. The van der Waals surface area contributed by atoms with Crippen LogP contribution in [0.1, 0.15) is 26.0 Å². The quantitative estimate of drug-likeness (QED) is 0.164. The SMILES string of the molecule is C[C@@H](C(=O)O)N(Oc1ccc(Cl)cc1Cl)P(=O)(OC[C@H]1OC(n2ccc(NC(=O)[C@@H]3CCCN3C)nc2=O)C(F)(F)[C@@H]1O)Oc1ccccc1. The Kier molecular flexibility index (Phi) is 11.5. The van der Waals surface area contributed by atoms with E-state index >= 15 is 8.78 Å². The van der Waals surface area contributed by atoms with E-state index in [0.717, 1.165) is 25.6 Å². The van der Waals surface area contributed by atoms with Gasteiger partial charge in [0.1, 0.15) is 17.7 Å². The number of nitrogens with zero attached hydrogens (tertiary/aromatic N) is 4. The largest absolute Gasteiger partial charge is 0.494 e. The van der Waals surface area contributed by atoms with Crippen LogP contribution in [0.25, 0.3) is 0 Å². The molecule has 15 nitrogen and oxygen atoms in total. The number of amides is 1. The molecule has 50 heavy (non-hydrogen) atoms. The average Bonchev–Trinajstić information content (AvgIpc) is 3.59. The molecule has 2 aliphatic heterocycles. The summed E-state index contributed by atoms with van der Waals surface area (Å²) in [5, 5.41) is 23.1. The standard InChI is InChI=1S/C30H32Cl2F2N5O10P/c1-17(27(42)43)39(48-22-11-10-18(31)15-20(22)32)50(45,49-19-7-4-3-5-8-19)46-16-23-25(40)30(33,34)28(47-23)38-14-12-24(36-29(38)44)35-26(41)21-9-6-13-37(21)2/h3-5,7-8,10-12,14-15,17,21,23,25,28,40H,6,9,13,16H2,1-2H3,(H,42,43)(H,35,36,41,44)/t17-,21-,23+,25+,28?,50?/m0/s1. The van der Waals surface area contributed by atoms with Gasteiger partial charge in [0.15, 0.2) is 17.9 Å². The van der Waals surface area contributed by atoms with Gasteiger partial charge in [-0.25, -0.2) is 9.36 Å². The molecule has 0 saturated carbocycles. The number of hydrogen-bond acceptors (Lipinski definition) is 11. The zero-order valence-electron chi connectivity index (χ0n) is 26.4. The lowest BCUT2D eigenvalue weighted by atomic mass is 10.1. The first-order chi connectivity index (χ1) is 23.6. The number of para-hydroxylation sites is 1. The van der Waals surface area contributed by atoms with Crippen molar-refractivity contribution in [3.8, 4) is 11.5 Å². The maximum absolute atomic E-state index is 15.5. The molecule has 0 aliphatic carbocycles. The van der Waals surface area contributed by atoms with Crippen molar-refractivity contribution >= 4 is 48.6 Å². The maximum atomic E-state index is 15.5. The van der Waals surface area contributed by atoms with Gasteiger partial charge in [0.05, 0.1) is 17.7 Å². The predicted molar refractivity (Wildman–Crippen MR) is 174 cm³/mol. The number of likely N-dealkylation sites (tertiary alicyclic amines) is 1. The maximum Gasteiger partial charge on any atom is 0.494 e. The molecule has 0 spiro atoms. The van der Waals surface area contributed by atoms with E-state index in [2.05, 4.69) is 10.3 Å². The van der Waals surface area contributed by atoms with Gasteiger partial charge in [-0.3, -0.25) is 23.6 Å². The first-order valence-electron chi connectivity index (χ1n) is 15.1. The molecule has 270 valence electrons. The van der Waals surface area contributed by atoms with E-state index in [9.17, 15) is 29.2 Å². The smallest absolute Gasteiger partial charge is 0.480 e. The third kappa shape index (κ3) is 8.11. The van der Waals surface area contributed by atoms with Crippen molar-refractivity contribution in [1.82, 2.24) is 19.3 Å². The summed E-state index contributed by atoms with van der Waals surface area (Å²) in [7, 11) is -3.27. The van der Waals surface area contributed by atoms with Crippen LogP contribution in [0.2, 0.25) is 10.0 Å². The molecule has 2 unspecified atom stereocenters. The molecule has 3 N–H and O–H groups in total. The first kappa shape index (κ1) is 37.6. The molecular formula is C30H32Cl2F2N5O10P. The molecule has 5 rings (SSSR count). The van der Waals surface area contributed by atoms with Gasteiger partial charge in [-0.1, -0.05) is 41.4 Å². The van der Waals surface area contributed by atoms with Crippen molar-refractivity contribution in [2.45, 2.75) is 56.2 Å². The Hall–Kier alpha value is -3.67. The number of likely N-dealkylation sites (N-methyl/N-ethyl adjacent to an activating group) is 1. The molecule has 1 aromatic heterocycles. The number of nitrogens with one attached hydrogen (secondary N) is 1. The van der Waals surface area contributed by atoms with Crippen LogP contribution < -0.4 is 20.4 Å². The first-order valence-corrected chi connectivity index (χ1v) is 17.3. The lowest BCUT2D eigenvalue weighted by Crippen LogP contribution is -2.43. The molecule has 20 heteroatoms. The molecule has 2 aromatic carbocycles. The molecule has 0 bridgehead atoms. The van der Waals surface area contributed by atoms with Gasteiger partial charge in [-0.15, -0.1) is 0 Å². The summed E-state index contributed by atoms with van der Waals surface area (Å²) in [6.07, 6.45) is -4.67. The van der Waals surface area contributed by atoms with E-state index in [1.807, 2.05) is 4.90 Å². The highest BCUT2D eigenvalue weighted by atomic mass is 35.5. The third-order valence-corrected chi connectivity index (χ3v) is 10.3. The van der Waals surface area contributed by atoms with Crippen LogP contribution in [0.5, 0.6) is 11.5 Å². The Morgan fingerprint density at radius 3 is 2.56 bits per heavy atom. The molecule has 2 aliphatic rings. The van der Waals surface area contributed by atoms with E-state index in [-0.39, 0.29) is 27.4 Å². The molecule has 3 aromatic rings. The number of carbonyl (C=O) groups is 2. The highest BCUT2D eigenvalue weighted by molar-refractivity contribution is 7.51. The Morgan fingerprint density at radius 1 is 1.22 bits per heavy atom. The van der Waals surface area contributed by atoms with Crippen LogP contribution >= 0.6 is 30.9 Å². The van der Waals surface area contributed by atoms with E-state index < -0.39 is 68.4 Å². The number of ether oxygens (including phenoxy) is 1. The highest BCUT2D eigenvalue weighted by Crippen LogP contribution is 2.55. The van der Waals surface area contributed by atoms with Crippen LogP contribution in [0.15, 0.2) is 65.6 Å². The van der Waals surface area contributed by atoms with Crippen molar-refractivity contribution in [3.63, 3.8) is 0 Å². The fourth-order valence-corrected chi connectivity index (χ4v) is 7.33. The fraction of sp³-hybridized carbons (Fsp3) is 0.400. The summed E-state index contributed by atoms with van der Waals surface area (Å²) >= 11 is 12.2. The Morgan fingerprint density at radius 2 is 1.94 bits per heavy atom. The summed E-state index contributed by atoms with van der Waals surface area (Å²) < 4.78 is 62.3. The Balaban J connectivity index is 1.39. The van der Waals surface area contributed by atoms with Crippen molar-refractivity contribution < 1.29 is 51.8 Å². The van der Waals surface area contributed by atoms with Gasteiger partial charge < -0.3 is 29.6 Å². The molecule has 6 atom stereocenters.